The molecule has 0 radical (unpaired) electrons. The third-order valence-corrected chi connectivity index (χ3v) is 6.28. The number of hydrogen-bond acceptors (Lipinski definition) is 5. The molecule has 1 atom stereocenters. The van der Waals surface area contributed by atoms with Gasteiger partial charge in [-0.25, -0.2) is 0 Å². The Balaban J connectivity index is 1.71. The number of carbonyl (C=O) groups excluding carboxylic acids is 1. The molecule has 4 nitrogen and oxygen atoms in total. The Kier molecular flexibility index (Phi) is 3.06. The van der Waals surface area contributed by atoms with Crippen molar-refractivity contribution in [3.63, 3.8) is 0 Å². The van der Waals surface area contributed by atoms with Crippen molar-refractivity contribution in [2.45, 2.75) is 26.1 Å². The first-order valence-corrected chi connectivity index (χ1v) is 8.72. The molecule has 110 valence electrons. The van der Waals surface area contributed by atoms with Gasteiger partial charge in [0.05, 0.1) is 5.56 Å². The zero-order valence-corrected chi connectivity index (χ0v) is 13.7. The smallest absolute Gasteiger partial charge is 0.256 e. The van der Waals surface area contributed by atoms with Crippen molar-refractivity contribution < 1.29 is 4.79 Å². The van der Waals surface area contributed by atoms with Crippen LogP contribution in [0.1, 0.15) is 36.7 Å². The van der Waals surface area contributed by atoms with E-state index in [2.05, 4.69) is 41.6 Å². The Hall–Kier alpha value is -1.37. The van der Waals surface area contributed by atoms with Gasteiger partial charge in [-0.2, -0.15) is 0 Å². The highest BCUT2D eigenvalue weighted by Crippen LogP contribution is 2.41. The highest BCUT2D eigenvalue weighted by Gasteiger charge is 2.33. The summed E-state index contributed by atoms with van der Waals surface area (Å²) in [7, 11) is 2.13. The van der Waals surface area contributed by atoms with E-state index in [1.165, 1.54) is 15.3 Å². The second-order valence-electron chi connectivity index (χ2n) is 5.69. The average molecular weight is 319 g/mol. The fourth-order valence-corrected chi connectivity index (χ4v) is 5.23. The maximum Gasteiger partial charge on any atom is 0.256 e. The predicted molar refractivity (Wildman–Crippen MR) is 87.2 cm³/mol. The molecule has 0 aromatic carbocycles. The van der Waals surface area contributed by atoms with Crippen molar-refractivity contribution >= 4 is 33.6 Å². The van der Waals surface area contributed by atoms with Crippen LogP contribution >= 0.6 is 22.7 Å². The van der Waals surface area contributed by atoms with Crippen molar-refractivity contribution in [3.05, 3.63) is 37.9 Å². The maximum atomic E-state index is 12.5. The first-order valence-electron chi connectivity index (χ1n) is 7.08. The SMILES string of the molecule is Cc1ccc([C@H]2NC(=O)c3c(sc4c3CCN(C)C4)N2)s1. The summed E-state index contributed by atoms with van der Waals surface area (Å²) in [6, 6.07) is 4.18. The zero-order valence-electron chi connectivity index (χ0n) is 12.0. The summed E-state index contributed by atoms with van der Waals surface area (Å²) in [6.45, 7) is 4.06. The highest BCUT2D eigenvalue weighted by molar-refractivity contribution is 7.17. The van der Waals surface area contributed by atoms with E-state index in [0.29, 0.717) is 0 Å². The van der Waals surface area contributed by atoms with E-state index < -0.39 is 0 Å². The molecule has 0 unspecified atom stereocenters. The Morgan fingerprint density at radius 3 is 2.90 bits per heavy atom. The van der Waals surface area contributed by atoms with Crippen LogP contribution in [0, 0.1) is 6.92 Å². The van der Waals surface area contributed by atoms with Crippen molar-refractivity contribution in [1.82, 2.24) is 10.2 Å². The summed E-state index contributed by atoms with van der Waals surface area (Å²) in [5, 5.41) is 7.65. The summed E-state index contributed by atoms with van der Waals surface area (Å²) in [5.74, 6) is 0.0712. The molecule has 0 saturated carbocycles. The van der Waals surface area contributed by atoms with Crippen LogP contribution in [0.15, 0.2) is 12.1 Å². The highest BCUT2D eigenvalue weighted by atomic mass is 32.1. The molecule has 6 heteroatoms. The van der Waals surface area contributed by atoms with Crippen molar-refractivity contribution in [2.75, 3.05) is 18.9 Å². The van der Waals surface area contributed by atoms with Gasteiger partial charge in [-0.1, -0.05) is 0 Å². The Morgan fingerprint density at radius 1 is 1.29 bits per heavy atom. The minimum Gasteiger partial charge on any atom is -0.352 e. The molecular weight excluding hydrogens is 302 g/mol. The number of nitrogens with zero attached hydrogens (tertiary/aromatic N) is 1. The minimum atomic E-state index is -0.0958. The number of fused-ring (bicyclic) bond motifs is 3. The number of thiophene rings is 2. The van der Waals surface area contributed by atoms with Crippen molar-refractivity contribution in [1.29, 1.82) is 0 Å². The molecule has 21 heavy (non-hydrogen) atoms. The van der Waals surface area contributed by atoms with Gasteiger partial charge in [0, 0.05) is 27.7 Å². The lowest BCUT2D eigenvalue weighted by molar-refractivity contribution is 0.0935. The first kappa shape index (κ1) is 13.3. The van der Waals surface area contributed by atoms with Crippen molar-refractivity contribution in [3.8, 4) is 0 Å². The molecule has 0 bridgehead atoms. The second kappa shape index (κ2) is 4.83. The number of anilines is 1. The number of carbonyl (C=O) groups is 1. The third-order valence-electron chi connectivity index (χ3n) is 4.07. The molecule has 0 fully saturated rings. The molecule has 2 aliphatic rings. The Bertz CT molecular complexity index is 719. The summed E-state index contributed by atoms with van der Waals surface area (Å²) in [6.07, 6.45) is 0.872. The first-order chi connectivity index (χ1) is 10.1. The average Bonchev–Trinajstić information content (AvgIpc) is 3.01. The van der Waals surface area contributed by atoms with E-state index in [4.69, 9.17) is 0 Å². The number of aryl methyl sites for hydroxylation is 1. The number of hydrogen-bond donors (Lipinski definition) is 2. The second-order valence-corrected chi connectivity index (χ2v) is 8.12. The van der Waals surface area contributed by atoms with Crippen LogP contribution in [0.25, 0.3) is 0 Å². The topological polar surface area (TPSA) is 44.4 Å². The number of rotatable bonds is 1. The van der Waals surface area contributed by atoms with Gasteiger partial charge in [-0.3, -0.25) is 4.79 Å². The van der Waals surface area contributed by atoms with E-state index >= 15 is 0 Å². The summed E-state index contributed by atoms with van der Waals surface area (Å²) in [5.41, 5.74) is 2.13. The fraction of sp³-hybridized carbons (Fsp3) is 0.400. The van der Waals surface area contributed by atoms with E-state index in [1.54, 1.807) is 22.7 Å². The van der Waals surface area contributed by atoms with E-state index in [9.17, 15) is 4.79 Å². The lowest BCUT2D eigenvalue weighted by Gasteiger charge is -2.26. The third kappa shape index (κ3) is 2.18. The molecule has 0 aliphatic carbocycles. The van der Waals surface area contributed by atoms with Crippen LogP contribution in [0.5, 0.6) is 0 Å². The Labute approximate surface area is 131 Å². The molecule has 0 saturated heterocycles. The van der Waals surface area contributed by atoms with Crippen LogP contribution in [-0.2, 0) is 13.0 Å². The number of likely N-dealkylation sites (N-methyl/N-ethyl adjacent to an activating group) is 1. The van der Waals surface area contributed by atoms with Gasteiger partial charge < -0.3 is 15.5 Å². The van der Waals surface area contributed by atoms with Crippen molar-refractivity contribution in [2.24, 2.45) is 0 Å². The van der Waals surface area contributed by atoms with Crippen LogP contribution < -0.4 is 10.6 Å². The molecule has 2 aromatic heterocycles. The molecule has 1 amide bonds. The van der Waals surface area contributed by atoms with Gasteiger partial charge in [0.25, 0.3) is 5.91 Å². The Morgan fingerprint density at radius 2 is 2.14 bits per heavy atom. The van der Waals surface area contributed by atoms with Crippen LogP contribution in [0.2, 0.25) is 0 Å². The van der Waals surface area contributed by atoms with Gasteiger partial charge in [-0.15, -0.1) is 22.7 Å². The normalized spacial score (nSPS) is 21.4. The van der Waals surface area contributed by atoms with E-state index in [-0.39, 0.29) is 12.1 Å². The fourth-order valence-electron chi connectivity index (χ4n) is 2.99. The van der Waals surface area contributed by atoms with Gasteiger partial charge >= 0.3 is 0 Å². The standard InChI is InChI=1S/C15H17N3OS2/c1-8-3-4-10(20-8)13-16-14(19)12-9-5-6-18(2)7-11(9)21-15(12)17-13/h3-4,13,17H,5-7H2,1-2H3,(H,16,19)/t13-/m0/s1. The van der Waals surface area contributed by atoms with Gasteiger partial charge in [-0.05, 0) is 38.1 Å². The summed E-state index contributed by atoms with van der Waals surface area (Å²) >= 11 is 3.47. The molecule has 4 rings (SSSR count). The molecule has 0 spiro atoms. The molecule has 2 aliphatic heterocycles. The predicted octanol–water partition coefficient (Wildman–Crippen LogP) is 2.96. The minimum absolute atomic E-state index is 0.0712. The van der Waals surface area contributed by atoms with E-state index in [1.807, 2.05) is 0 Å². The lowest BCUT2D eigenvalue weighted by atomic mass is 10.0. The maximum absolute atomic E-state index is 12.5. The molecular formula is C15H17N3OS2. The monoisotopic (exact) mass is 319 g/mol. The summed E-state index contributed by atoms with van der Waals surface area (Å²) in [4.78, 5) is 18.6. The molecule has 4 heterocycles. The van der Waals surface area contributed by atoms with Crippen LogP contribution in [0.4, 0.5) is 5.00 Å². The van der Waals surface area contributed by atoms with Gasteiger partial charge in [0.1, 0.15) is 11.2 Å². The molecule has 2 N–H and O–H groups in total. The quantitative estimate of drug-likeness (QED) is 0.849. The lowest BCUT2D eigenvalue weighted by Crippen LogP contribution is -2.38. The van der Waals surface area contributed by atoms with Crippen LogP contribution in [0.3, 0.4) is 0 Å². The van der Waals surface area contributed by atoms with Crippen LogP contribution in [-0.4, -0.2) is 24.4 Å². The largest absolute Gasteiger partial charge is 0.352 e. The zero-order chi connectivity index (χ0) is 14.6. The number of nitrogens with one attached hydrogen (secondary N) is 2. The number of amides is 1. The van der Waals surface area contributed by atoms with Gasteiger partial charge in [0.2, 0.25) is 0 Å². The van der Waals surface area contributed by atoms with Gasteiger partial charge in [0.15, 0.2) is 0 Å². The molecule has 2 aromatic rings. The summed E-state index contributed by atoms with van der Waals surface area (Å²) < 4.78 is 0. The van der Waals surface area contributed by atoms with E-state index in [0.717, 1.165) is 35.0 Å².